The van der Waals surface area contributed by atoms with E-state index in [1.54, 1.807) is 17.2 Å². The molecular formula is C19H22ClN3O3. The van der Waals surface area contributed by atoms with Crippen LogP contribution in [0.4, 0.5) is 4.79 Å². The molecule has 0 atom stereocenters. The summed E-state index contributed by atoms with van der Waals surface area (Å²) in [4.78, 5) is 21.8. The molecule has 0 saturated carbocycles. The van der Waals surface area contributed by atoms with Crippen LogP contribution in [0.15, 0.2) is 30.5 Å². The Morgan fingerprint density at radius 3 is 2.77 bits per heavy atom. The molecule has 6 nitrogen and oxygen atoms in total. The minimum atomic E-state index is -0.306. The summed E-state index contributed by atoms with van der Waals surface area (Å²) >= 11 is 5.84. The summed E-state index contributed by atoms with van der Waals surface area (Å²) in [5.41, 5.74) is 3.68. The highest BCUT2D eigenvalue weighted by Crippen LogP contribution is 2.22. The first-order valence-electron chi connectivity index (χ1n) is 8.58. The first-order chi connectivity index (χ1) is 12.4. The first-order valence-corrected chi connectivity index (χ1v) is 8.96. The molecule has 1 fully saturated rings. The number of ether oxygens (including phenoxy) is 2. The van der Waals surface area contributed by atoms with Gasteiger partial charge in [0.2, 0.25) is 5.28 Å². The van der Waals surface area contributed by atoms with E-state index < -0.39 is 0 Å². The van der Waals surface area contributed by atoms with Crippen molar-refractivity contribution in [2.24, 2.45) is 0 Å². The standard InChI is InChI=1S/C19H22ClN3O3/c1-12(2)26-16-9-23(10-16)19(24)25-11-15-5-4-14(8-13(15)3)17-6-7-21-18(20)22-17/h4-8,12,16H,9-11H2,1-3H3. The highest BCUT2D eigenvalue weighted by molar-refractivity contribution is 6.28. The lowest BCUT2D eigenvalue weighted by molar-refractivity contribution is -0.0752. The Morgan fingerprint density at radius 2 is 2.12 bits per heavy atom. The molecule has 0 aliphatic carbocycles. The minimum absolute atomic E-state index is 0.114. The average Bonchev–Trinajstić information content (AvgIpc) is 2.56. The van der Waals surface area contributed by atoms with E-state index in [9.17, 15) is 4.79 Å². The molecule has 0 unspecified atom stereocenters. The van der Waals surface area contributed by atoms with Gasteiger partial charge in [0.25, 0.3) is 0 Å². The summed E-state index contributed by atoms with van der Waals surface area (Å²) in [6, 6.07) is 7.68. The summed E-state index contributed by atoms with van der Waals surface area (Å²) in [6.45, 7) is 7.37. The molecule has 1 aliphatic heterocycles. The molecule has 3 rings (SSSR count). The number of carbonyl (C=O) groups excluding carboxylic acids is 1. The summed E-state index contributed by atoms with van der Waals surface area (Å²) in [6.07, 6.45) is 1.60. The Balaban J connectivity index is 1.55. The van der Waals surface area contributed by atoms with Crippen LogP contribution in [0.2, 0.25) is 5.28 Å². The third kappa shape index (κ3) is 4.51. The molecule has 7 heteroatoms. The predicted octanol–water partition coefficient (Wildman–Crippen LogP) is 3.85. The molecule has 1 amide bonds. The Hall–Kier alpha value is -2.18. The number of amides is 1. The smallest absolute Gasteiger partial charge is 0.410 e. The lowest BCUT2D eigenvalue weighted by Gasteiger charge is -2.38. The molecule has 1 saturated heterocycles. The number of aromatic nitrogens is 2. The van der Waals surface area contributed by atoms with E-state index in [0.717, 1.165) is 22.4 Å². The van der Waals surface area contributed by atoms with Gasteiger partial charge < -0.3 is 14.4 Å². The van der Waals surface area contributed by atoms with Gasteiger partial charge in [0, 0.05) is 11.8 Å². The van der Waals surface area contributed by atoms with Gasteiger partial charge in [-0.3, -0.25) is 0 Å². The van der Waals surface area contributed by atoms with E-state index in [2.05, 4.69) is 9.97 Å². The van der Waals surface area contributed by atoms with Crippen LogP contribution in [0, 0.1) is 6.92 Å². The predicted molar refractivity (Wildman–Crippen MR) is 99.0 cm³/mol. The average molecular weight is 376 g/mol. The van der Waals surface area contributed by atoms with Gasteiger partial charge in [-0.1, -0.05) is 12.1 Å². The van der Waals surface area contributed by atoms with Crippen molar-refractivity contribution >= 4 is 17.7 Å². The number of hydrogen-bond acceptors (Lipinski definition) is 5. The number of carbonyl (C=O) groups is 1. The molecule has 0 spiro atoms. The highest BCUT2D eigenvalue weighted by atomic mass is 35.5. The topological polar surface area (TPSA) is 64.6 Å². The molecule has 0 bridgehead atoms. The summed E-state index contributed by atoms with van der Waals surface area (Å²) in [7, 11) is 0. The monoisotopic (exact) mass is 375 g/mol. The maximum Gasteiger partial charge on any atom is 0.410 e. The van der Waals surface area contributed by atoms with Crippen molar-refractivity contribution in [3.63, 3.8) is 0 Å². The number of nitrogens with zero attached hydrogens (tertiary/aromatic N) is 3. The van der Waals surface area contributed by atoms with E-state index >= 15 is 0 Å². The second-order valence-corrected chi connectivity index (χ2v) is 6.96. The van der Waals surface area contributed by atoms with Crippen LogP contribution in [-0.4, -0.2) is 46.3 Å². The lowest BCUT2D eigenvalue weighted by Crippen LogP contribution is -2.55. The van der Waals surface area contributed by atoms with Crippen LogP contribution in [0.5, 0.6) is 0 Å². The molecule has 2 aromatic rings. The Bertz CT molecular complexity index is 791. The van der Waals surface area contributed by atoms with E-state index in [0.29, 0.717) is 13.1 Å². The van der Waals surface area contributed by atoms with Crippen molar-refractivity contribution in [1.82, 2.24) is 14.9 Å². The van der Waals surface area contributed by atoms with Gasteiger partial charge in [0.15, 0.2) is 0 Å². The molecular weight excluding hydrogens is 354 g/mol. The zero-order chi connectivity index (χ0) is 18.7. The van der Waals surface area contributed by atoms with E-state index in [4.69, 9.17) is 21.1 Å². The van der Waals surface area contributed by atoms with Crippen LogP contribution in [0.1, 0.15) is 25.0 Å². The van der Waals surface area contributed by atoms with Crippen molar-refractivity contribution in [2.45, 2.75) is 39.6 Å². The minimum Gasteiger partial charge on any atom is -0.445 e. The van der Waals surface area contributed by atoms with Crippen molar-refractivity contribution < 1.29 is 14.3 Å². The van der Waals surface area contributed by atoms with Crippen molar-refractivity contribution in [3.05, 3.63) is 46.9 Å². The van der Waals surface area contributed by atoms with Crippen LogP contribution >= 0.6 is 11.6 Å². The van der Waals surface area contributed by atoms with Gasteiger partial charge in [-0.05, 0) is 55.6 Å². The van der Waals surface area contributed by atoms with Gasteiger partial charge in [0.05, 0.1) is 31.0 Å². The molecule has 2 heterocycles. The van der Waals surface area contributed by atoms with Gasteiger partial charge in [0.1, 0.15) is 6.61 Å². The number of rotatable bonds is 5. The SMILES string of the molecule is Cc1cc(-c2ccnc(Cl)n2)ccc1COC(=O)N1CC(OC(C)C)C1. The van der Waals surface area contributed by atoms with Crippen LogP contribution in [0.3, 0.4) is 0 Å². The quantitative estimate of drug-likeness (QED) is 0.742. The molecule has 1 aromatic carbocycles. The van der Waals surface area contributed by atoms with Crippen molar-refractivity contribution in [2.75, 3.05) is 13.1 Å². The lowest BCUT2D eigenvalue weighted by atomic mass is 10.0. The Morgan fingerprint density at radius 1 is 1.35 bits per heavy atom. The summed E-state index contributed by atoms with van der Waals surface area (Å²) in [5, 5.41) is 0.215. The van der Waals surface area contributed by atoms with E-state index in [1.165, 1.54) is 0 Å². The number of halogens is 1. The fourth-order valence-corrected chi connectivity index (χ4v) is 2.95. The van der Waals surface area contributed by atoms with Gasteiger partial charge in [-0.15, -0.1) is 0 Å². The van der Waals surface area contributed by atoms with Gasteiger partial charge >= 0.3 is 6.09 Å². The molecule has 1 aromatic heterocycles. The number of likely N-dealkylation sites (tertiary alicyclic amines) is 1. The van der Waals surface area contributed by atoms with Gasteiger partial charge in [-0.25, -0.2) is 14.8 Å². The Labute approximate surface area is 158 Å². The molecule has 0 N–H and O–H groups in total. The van der Waals surface area contributed by atoms with Crippen LogP contribution < -0.4 is 0 Å². The molecule has 0 radical (unpaired) electrons. The molecule has 1 aliphatic rings. The second kappa shape index (κ2) is 8.01. The fourth-order valence-electron chi connectivity index (χ4n) is 2.80. The third-order valence-electron chi connectivity index (χ3n) is 4.19. The van der Waals surface area contributed by atoms with Crippen LogP contribution in [-0.2, 0) is 16.1 Å². The zero-order valence-corrected chi connectivity index (χ0v) is 15.9. The maximum absolute atomic E-state index is 12.1. The number of aryl methyl sites for hydroxylation is 1. The van der Waals surface area contributed by atoms with Gasteiger partial charge in [-0.2, -0.15) is 0 Å². The fraction of sp³-hybridized carbons (Fsp3) is 0.421. The number of benzene rings is 1. The molecule has 138 valence electrons. The summed E-state index contributed by atoms with van der Waals surface area (Å²) < 4.78 is 11.1. The second-order valence-electron chi connectivity index (χ2n) is 6.62. The Kier molecular flexibility index (Phi) is 5.74. The molecule has 26 heavy (non-hydrogen) atoms. The van der Waals surface area contributed by atoms with E-state index in [-0.39, 0.29) is 30.2 Å². The normalized spacial score (nSPS) is 14.4. The highest BCUT2D eigenvalue weighted by Gasteiger charge is 2.32. The largest absolute Gasteiger partial charge is 0.445 e. The number of hydrogen-bond donors (Lipinski definition) is 0. The maximum atomic E-state index is 12.1. The summed E-state index contributed by atoms with van der Waals surface area (Å²) in [5.74, 6) is 0. The first kappa shape index (κ1) is 18.6. The van der Waals surface area contributed by atoms with Crippen molar-refractivity contribution in [3.8, 4) is 11.3 Å². The van der Waals surface area contributed by atoms with E-state index in [1.807, 2.05) is 39.0 Å². The van der Waals surface area contributed by atoms with Crippen LogP contribution in [0.25, 0.3) is 11.3 Å². The zero-order valence-electron chi connectivity index (χ0n) is 15.1. The third-order valence-corrected chi connectivity index (χ3v) is 4.37. The van der Waals surface area contributed by atoms with Crippen molar-refractivity contribution in [1.29, 1.82) is 0 Å².